The Morgan fingerprint density at radius 2 is 1.90 bits per heavy atom. The first-order chi connectivity index (χ1) is 15.1. The zero-order valence-corrected chi connectivity index (χ0v) is 16.9. The van der Waals surface area contributed by atoms with Crippen LogP contribution in [0.25, 0.3) is 16.8 Å². The molecule has 0 spiro atoms. The van der Waals surface area contributed by atoms with E-state index in [-0.39, 0.29) is 30.0 Å². The molecule has 1 saturated carbocycles. The lowest BCUT2D eigenvalue weighted by Crippen LogP contribution is -2.22. The minimum absolute atomic E-state index is 0.136. The van der Waals surface area contributed by atoms with Gasteiger partial charge in [-0.15, -0.1) is 0 Å². The molecule has 0 unspecified atom stereocenters. The summed E-state index contributed by atoms with van der Waals surface area (Å²) in [6.45, 7) is -0.237. The fourth-order valence-corrected chi connectivity index (χ4v) is 4.27. The third kappa shape index (κ3) is 3.65. The molecule has 0 radical (unpaired) electrons. The standard InChI is InChI=1S/C22H22FN5O3/c23-16-8-6-14(7-9-16)19-17(13-29)20-22(30)27(10-11-28(20)25-19)12-18-24-21(26-31-18)15-4-2-1-3-5-15/h6-11,15,29H,1-5,12-13H2. The molecule has 0 saturated heterocycles. The Morgan fingerprint density at radius 1 is 1.13 bits per heavy atom. The van der Waals surface area contributed by atoms with Crippen LogP contribution in [-0.2, 0) is 13.2 Å². The first-order valence-electron chi connectivity index (χ1n) is 10.4. The molecule has 4 aromatic rings. The van der Waals surface area contributed by atoms with E-state index in [4.69, 9.17) is 4.52 Å². The van der Waals surface area contributed by atoms with Gasteiger partial charge in [0.05, 0.1) is 12.3 Å². The average molecular weight is 423 g/mol. The first-order valence-corrected chi connectivity index (χ1v) is 10.4. The molecular formula is C22H22FN5O3. The van der Waals surface area contributed by atoms with Crippen molar-refractivity contribution in [1.29, 1.82) is 0 Å². The number of halogens is 1. The Labute approximate surface area is 177 Å². The molecule has 0 aliphatic heterocycles. The summed E-state index contributed by atoms with van der Waals surface area (Å²) in [6.07, 6.45) is 8.96. The Balaban J connectivity index is 1.49. The number of nitrogens with zero attached hydrogens (tertiary/aromatic N) is 5. The highest BCUT2D eigenvalue weighted by Crippen LogP contribution is 2.31. The number of aliphatic hydroxyl groups excluding tert-OH is 1. The molecule has 0 bridgehead atoms. The van der Waals surface area contributed by atoms with Crippen LogP contribution in [-0.4, -0.2) is 29.4 Å². The summed E-state index contributed by atoms with van der Waals surface area (Å²) >= 11 is 0. The maximum atomic E-state index is 13.3. The van der Waals surface area contributed by atoms with Gasteiger partial charge in [0.15, 0.2) is 5.82 Å². The number of hydrogen-bond acceptors (Lipinski definition) is 6. The van der Waals surface area contributed by atoms with Crippen LogP contribution in [0.15, 0.2) is 46.0 Å². The monoisotopic (exact) mass is 423 g/mol. The molecule has 1 aliphatic carbocycles. The molecule has 1 fully saturated rings. The van der Waals surface area contributed by atoms with Crippen LogP contribution in [0.3, 0.4) is 0 Å². The van der Waals surface area contributed by atoms with Gasteiger partial charge in [-0.05, 0) is 37.1 Å². The smallest absolute Gasteiger partial charge is 0.277 e. The highest BCUT2D eigenvalue weighted by atomic mass is 19.1. The van der Waals surface area contributed by atoms with E-state index in [1.165, 1.54) is 40.5 Å². The van der Waals surface area contributed by atoms with Crippen molar-refractivity contribution in [3.8, 4) is 11.3 Å². The summed E-state index contributed by atoms with van der Waals surface area (Å²) < 4.78 is 21.6. The van der Waals surface area contributed by atoms with Gasteiger partial charge in [0, 0.05) is 29.4 Å². The highest BCUT2D eigenvalue weighted by Gasteiger charge is 2.22. The number of benzene rings is 1. The minimum Gasteiger partial charge on any atom is -0.392 e. The second-order valence-electron chi connectivity index (χ2n) is 7.90. The number of aromatic nitrogens is 5. The third-order valence-corrected chi connectivity index (χ3v) is 5.90. The zero-order chi connectivity index (χ0) is 21.4. The lowest BCUT2D eigenvalue weighted by atomic mass is 9.89. The summed E-state index contributed by atoms with van der Waals surface area (Å²) in [5.41, 5.74) is 1.38. The second-order valence-corrected chi connectivity index (χ2v) is 7.90. The maximum Gasteiger partial charge on any atom is 0.277 e. The molecule has 3 heterocycles. The van der Waals surface area contributed by atoms with Gasteiger partial charge in [0.25, 0.3) is 5.56 Å². The molecule has 160 valence electrons. The van der Waals surface area contributed by atoms with Crippen molar-refractivity contribution in [3.05, 3.63) is 70.1 Å². The molecule has 31 heavy (non-hydrogen) atoms. The number of aliphatic hydroxyl groups is 1. The fraction of sp³-hybridized carbons (Fsp3) is 0.364. The molecule has 1 N–H and O–H groups in total. The first kappa shape index (κ1) is 19.6. The molecule has 0 amide bonds. The number of hydrogen-bond donors (Lipinski definition) is 1. The summed E-state index contributed by atoms with van der Waals surface area (Å²) in [7, 11) is 0. The highest BCUT2D eigenvalue weighted by molar-refractivity contribution is 5.72. The molecule has 1 aromatic carbocycles. The Morgan fingerprint density at radius 3 is 2.65 bits per heavy atom. The molecule has 0 atom stereocenters. The van der Waals surface area contributed by atoms with Crippen LogP contribution in [0, 0.1) is 5.82 Å². The van der Waals surface area contributed by atoms with Gasteiger partial charge < -0.3 is 14.2 Å². The Hall–Kier alpha value is -3.33. The third-order valence-electron chi connectivity index (χ3n) is 5.90. The van der Waals surface area contributed by atoms with Gasteiger partial charge in [-0.25, -0.2) is 8.91 Å². The lowest BCUT2D eigenvalue weighted by molar-refractivity contribution is 0.283. The molecule has 3 aromatic heterocycles. The largest absolute Gasteiger partial charge is 0.392 e. The topological polar surface area (TPSA) is 98.4 Å². The fourth-order valence-electron chi connectivity index (χ4n) is 4.27. The maximum absolute atomic E-state index is 13.3. The zero-order valence-electron chi connectivity index (χ0n) is 16.9. The number of fused-ring (bicyclic) bond motifs is 1. The molecule has 9 heteroatoms. The predicted molar refractivity (Wildman–Crippen MR) is 110 cm³/mol. The van der Waals surface area contributed by atoms with Crippen molar-refractivity contribution < 1.29 is 14.0 Å². The van der Waals surface area contributed by atoms with Gasteiger partial charge in [0.2, 0.25) is 5.89 Å². The average Bonchev–Trinajstić information content (AvgIpc) is 3.42. The summed E-state index contributed by atoms with van der Waals surface area (Å²) in [6, 6.07) is 5.77. The van der Waals surface area contributed by atoms with Crippen LogP contribution < -0.4 is 5.56 Å². The lowest BCUT2D eigenvalue weighted by Gasteiger charge is -2.17. The van der Waals surface area contributed by atoms with Crippen LogP contribution in [0.4, 0.5) is 4.39 Å². The van der Waals surface area contributed by atoms with E-state index in [0.717, 1.165) is 12.8 Å². The predicted octanol–water partition coefficient (Wildman–Crippen LogP) is 3.27. The second kappa shape index (κ2) is 8.07. The molecule has 5 rings (SSSR count). The van der Waals surface area contributed by atoms with Gasteiger partial charge >= 0.3 is 0 Å². The quantitative estimate of drug-likeness (QED) is 0.529. The van der Waals surface area contributed by atoms with Crippen LogP contribution in [0.2, 0.25) is 0 Å². The van der Waals surface area contributed by atoms with Crippen molar-refractivity contribution in [2.45, 2.75) is 51.2 Å². The van der Waals surface area contributed by atoms with E-state index in [1.54, 1.807) is 24.5 Å². The summed E-state index contributed by atoms with van der Waals surface area (Å²) in [5.74, 6) is 1.03. The van der Waals surface area contributed by atoms with E-state index >= 15 is 0 Å². The van der Waals surface area contributed by atoms with Crippen molar-refractivity contribution in [1.82, 2.24) is 24.3 Å². The Bertz CT molecular complexity index is 1270. The van der Waals surface area contributed by atoms with Crippen LogP contribution in [0.1, 0.15) is 55.3 Å². The number of rotatable bonds is 5. The van der Waals surface area contributed by atoms with E-state index in [9.17, 15) is 14.3 Å². The van der Waals surface area contributed by atoms with Gasteiger partial charge in [-0.3, -0.25) is 4.79 Å². The van der Waals surface area contributed by atoms with E-state index < -0.39 is 0 Å². The molecule has 8 nitrogen and oxygen atoms in total. The molecular weight excluding hydrogens is 401 g/mol. The van der Waals surface area contributed by atoms with E-state index in [0.29, 0.717) is 34.5 Å². The van der Waals surface area contributed by atoms with Crippen LogP contribution in [0.5, 0.6) is 0 Å². The van der Waals surface area contributed by atoms with Crippen LogP contribution >= 0.6 is 0 Å². The van der Waals surface area contributed by atoms with Crippen molar-refractivity contribution in [3.63, 3.8) is 0 Å². The normalized spacial score (nSPS) is 15.0. The Kier molecular flexibility index (Phi) is 5.11. The van der Waals surface area contributed by atoms with Gasteiger partial charge in [0.1, 0.15) is 17.9 Å². The van der Waals surface area contributed by atoms with Crippen molar-refractivity contribution in [2.24, 2.45) is 0 Å². The van der Waals surface area contributed by atoms with E-state index in [2.05, 4.69) is 15.2 Å². The summed E-state index contributed by atoms with van der Waals surface area (Å²) in [5, 5.41) is 18.5. The summed E-state index contributed by atoms with van der Waals surface area (Å²) in [4.78, 5) is 17.7. The van der Waals surface area contributed by atoms with E-state index in [1.807, 2.05) is 0 Å². The van der Waals surface area contributed by atoms with Gasteiger partial charge in [-0.1, -0.05) is 24.4 Å². The molecule has 1 aliphatic rings. The van der Waals surface area contributed by atoms with Crippen molar-refractivity contribution >= 4 is 5.52 Å². The van der Waals surface area contributed by atoms with Gasteiger partial charge in [-0.2, -0.15) is 10.1 Å². The van der Waals surface area contributed by atoms with Crippen molar-refractivity contribution in [2.75, 3.05) is 0 Å². The minimum atomic E-state index is -0.373. The SMILES string of the molecule is O=c1c2c(CO)c(-c3ccc(F)cc3)nn2ccn1Cc1nc(C2CCCCC2)no1.